The highest BCUT2D eigenvalue weighted by atomic mass is 16.5. The number of carbonyl (C=O) groups is 3. The summed E-state index contributed by atoms with van der Waals surface area (Å²) in [5, 5.41) is 9.74. The monoisotopic (exact) mass is 581 g/mol. The molecule has 0 radical (unpaired) electrons. The number of ether oxygens (including phenoxy) is 3. The first kappa shape index (κ1) is 34.2. The minimum absolute atomic E-state index is 0.0535. The van der Waals surface area contributed by atoms with Gasteiger partial charge in [-0.2, -0.15) is 5.26 Å². The van der Waals surface area contributed by atoms with Gasteiger partial charge in [-0.05, 0) is 35.1 Å². The first-order valence-corrected chi connectivity index (χ1v) is 14.3. The molecule has 224 valence electrons. The standard InChI is InChI=1S/C24H27NO2.C12H12O4/c1-3-5-12-19(4-2)18-27-24(26)22(17-25)23(20-13-8-6-9-14-20)21-15-10-7-11-16-21;1-15-11(13)10(12(14)16-2)8-9-6-4-3-5-7-9/h6-11,13-16,19H,3-5,12,18H2,1-2H3;3-8H,1-2H3. The van der Waals surface area contributed by atoms with Crippen LogP contribution in [0.25, 0.3) is 11.6 Å². The molecule has 0 fully saturated rings. The molecule has 0 spiro atoms. The number of methoxy groups -OCH3 is 2. The van der Waals surface area contributed by atoms with Crippen LogP contribution in [0, 0.1) is 17.2 Å². The van der Waals surface area contributed by atoms with Gasteiger partial charge >= 0.3 is 17.9 Å². The molecule has 0 bridgehead atoms. The summed E-state index contributed by atoms with van der Waals surface area (Å²) in [4.78, 5) is 35.4. The molecule has 3 rings (SSSR count). The van der Waals surface area contributed by atoms with Crippen LogP contribution in [0.5, 0.6) is 0 Å². The second kappa shape index (κ2) is 19.2. The predicted octanol–water partition coefficient (Wildman–Crippen LogP) is 7.19. The van der Waals surface area contributed by atoms with E-state index in [0.717, 1.165) is 42.4 Å². The van der Waals surface area contributed by atoms with Crippen molar-refractivity contribution in [2.75, 3.05) is 20.8 Å². The van der Waals surface area contributed by atoms with Crippen molar-refractivity contribution < 1.29 is 28.6 Å². The summed E-state index contributed by atoms with van der Waals surface area (Å²) >= 11 is 0. The van der Waals surface area contributed by atoms with Gasteiger partial charge in [0, 0.05) is 5.57 Å². The number of nitrogens with zero attached hydrogens (tertiary/aromatic N) is 1. The van der Waals surface area contributed by atoms with Crippen molar-refractivity contribution in [1.82, 2.24) is 0 Å². The van der Waals surface area contributed by atoms with Crippen molar-refractivity contribution in [3.05, 3.63) is 119 Å². The van der Waals surface area contributed by atoms with Crippen LogP contribution < -0.4 is 0 Å². The molecule has 1 unspecified atom stereocenters. The van der Waals surface area contributed by atoms with Crippen LogP contribution >= 0.6 is 0 Å². The van der Waals surface area contributed by atoms with Crippen LogP contribution in [0.4, 0.5) is 0 Å². The Morgan fingerprint density at radius 1 is 0.767 bits per heavy atom. The Morgan fingerprint density at radius 3 is 1.67 bits per heavy atom. The van der Waals surface area contributed by atoms with Crippen molar-refractivity contribution in [1.29, 1.82) is 5.26 Å². The quantitative estimate of drug-likeness (QED) is 0.0557. The summed E-state index contributed by atoms with van der Waals surface area (Å²) in [6.07, 6.45) is 5.67. The van der Waals surface area contributed by atoms with E-state index < -0.39 is 17.9 Å². The van der Waals surface area contributed by atoms with Gasteiger partial charge < -0.3 is 14.2 Å². The number of nitriles is 1. The summed E-state index contributed by atoms with van der Waals surface area (Å²) in [6, 6.07) is 30.1. The van der Waals surface area contributed by atoms with Crippen LogP contribution in [0.3, 0.4) is 0 Å². The Morgan fingerprint density at radius 2 is 1.26 bits per heavy atom. The van der Waals surface area contributed by atoms with Gasteiger partial charge in [0.25, 0.3) is 0 Å². The lowest BCUT2D eigenvalue weighted by Crippen LogP contribution is -2.16. The van der Waals surface area contributed by atoms with Gasteiger partial charge in [-0.3, -0.25) is 0 Å². The van der Waals surface area contributed by atoms with Gasteiger partial charge in [0.05, 0.1) is 20.8 Å². The van der Waals surface area contributed by atoms with E-state index in [-0.39, 0.29) is 11.1 Å². The highest BCUT2D eigenvalue weighted by Crippen LogP contribution is 2.27. The second-order valence-electron chi connectivity index (χ2n) is 9.56. The van der Waals surface area contributed by atoms with Gasteiger partial charge in [0.1, 0.15) is 17.2 Å². The Labute approximate surface area is 254 Å². The molecular formula is C36H39NO6. The molecule has 0 aliphatic heterocycles. The van der Waals surface area contributed by atoms with Gasteiger partial charge in [0.2, 0.25) is 0 Å². The first-order valence-electron chi connectivity index (χ1n) is 14.3. The molecule has 0 aliphatic carbocycles. The molecule has 0 saturated heterocycles. The van der Waals surface area contributed by atoms with Crippen molar-refractivity contribution in [3.63, 3.8) is 0 Å². The van der Waals surface area contributed by atoms with E-state index in [9.17, 15) is 19.6 Å². The highest BCUT2D eigenvalue weighted by Gasteiger charge is 2.21. The zero-order valence-electron chi connectivity index (χ0n) is 25.2. The van der Waals surface area contributed by atoms with E-state index in [0.29, 0.717) is 18.1 Å². The third-order valence-electron chi connectivity index (χ3n) is 6.61. The molecule has 0 N–H and O–H groups in total. The van der Waals surface area contributed by atoms with Crippen molar-refractivity contribution in [2.45, 2.75) is 39.5 Å². The van der Waals surface area contributed by atoms with Crippen LogP contribution in [-0.4, -0.2) is 38.7 Å². The Kier molecular flexibility index (Phi) is 15.3. The summed E-state index contributed by atoms with van der Waals surface area (Å²) in [6.45, 7) is 4.62. The Balaban J connectivity index is 0.000000344. The van der Waals surface area contributed by atoms with Gasteiger partial charge in [-0.25, -0.2) is 14.4 Å². The lowest BCUT2D eigenvalue weighted by molar-refractivity contribution is -0.144. The van der Waals surface area contributed by atoms with Crippen LogP contribution in [0.2, 0.25) is 0 Å². The molecule has 0 amide bonds. The van der Waals surface area contributed by atoms with Gasteiger partial charge in [0.15, 0.2) is 0 Å². The molecule has 1 atom stereocenters. The van der Waals surface area contributed by atoms with E-state index in [1.54, 1.807) is 24.3 Å². The number of esters is 3. The SMILES string of the molecule is CCCCC(CC)COC(=O)C(C#N)=C(c1ccccc1)c1ccccc1.COC(=O)C(=Cc1ccccc1)C(=O)OC. The third kappa shape index (κ3) is 11.1. The Hall–Kier alpha value is -4.96. The fourth-order valence-electron chi connectivity index (χ4n) is 4.17. The summed E-state index contributed by atoms with van der Waals surface area (Å²) in [7, 11) is 2.42. The fourth-order valence-corrected chi connectivity index (χ4v) is 4.17. The van der Waals surface area contributed by atoms with Crippen molar-refractivity contribution >= 4 is 29.6 Å². The molecule has 43 heavy (non-hydrogen) atoms. The average Bonchev–Trinajstić information content (AvgIpc) is 3.06. The van der Waals surface area contributed by atoms with Crippen molar-refractivity contribution in [3.8, 4) is 6.07 Å². The maximum absolute atomic E-state index is 12.8. The summed E-state index contributed by atoms with van der Waals surface area (Å²) in [5.74, 6) is -1.63. The maximum atomic E-state index is 12.8. The lowest BCUT2D eigenvalue weighted by Gasteiger charge is -2.16. The number of unbranched alkanes of at least 4 members (excludes halogenated alkanes) is 1. The number of hydrogen-bond donors (Lipinski definition) is 0. The smallest absolute Gasteiger partial charge is 0.349 e. The summed E-state index contributed by atoms with van der Waals surface area (Å²) in [5.41, 5.74) is 2.93. The largest absolute Gasteiger partial charge is 0.465 e. The average molecular weight is 582 g/mol. The van der Waals surface area contributed by atoms with Crippen LogP contribution in [0.1, 0.15) is 56.2 Å². The van der Waals surface area contributed by atoms with E-state index in [1.165, 1.54) is 20.3 Å². The van der Waals surface area contributed by atoms with E-state index >= 15 is 0 Å². The minimum Gasteiger partial charge on any atom is -0.465 e. The number of hydrogen-bond acceptors (Lipinski definition) is 7. The second-order valence-corrected chi connectivity index (χ2v) is 9.56. The summed E-state index contributed by atoms with van der Waals surface area (Å²) < 4.78 is 14.5. The zero-order chi connectivity index (χ0) is 31.5. The zero-order valence-corrected chi connectivity index (χ0v) is 25.2. The first-order chi connectivity index (χ1) is 20.9. The third-order valence-corrected chi connectivity index (χ3v) is 6.61. The molecule has 0 aromatic heterocycles. The highest BCUT2D eigenvalue weighted by molar-refractivity contribution is 6.17. The minimum atomic E-state index is -0.712. The molecule has 0 aliphatic rings. The number of rotatable bonds is 12. The molecule has 0 heterocycles. The molecule has 7 nitrogen and oxygen atoms in total. The van der Waals surface area contributed by atoms with E-state index in [4.69, 9.17) is 4.74 Å². The van der Waals surface area contributed by atoms with Crippen LogP contribution in [-0.2, 0) is 28.6 Å². The van der Waals surface area contributed by atoms with E-state index in [1.807, 2.05) is 66.7 Å². The molecule has 0 saturated carbocycles. The van der Waals surface area contributed by atoms with Gasteiger partial charge in [-0.1, -0.05) is 124 Å². The molecule has 3 aromatic rings. The van der Waals surface area contributed by atoms with E-state index in [2.05, 4.69) is 29.4 Å². The van der Waals surface area contributed by atoms with Gasteiger partial charge in [-0.15, -0.1) is 0 Å². The molecule has 3 aromatic carbocycles. The molecule has 7 heteroatoms. The maximum Gasteiger partial charge on any atom is 0.349 e. The molecular weight excluding hydrogens is 542 g/mol. The fraction of sp³-hybridized carbons (Fsp3) is 0.278. The topological polar surface area (TPSA) is 103 Å². The predicted molar refractivity (Wildman–Crippen MR) is 167 cm³/mol. The normalized spacial score (nSPS) is 10.5. The van der Waals surface area contributed by atoms with Crippen LogP contribution in [0.15, 0.2) is 102 Å². The Bertz CT molecular complexity index is 1350. The van der Waals surface area contributed by atoms with Crippen molar-refractivity contribution in [2.24, 2.45) is 5.92 Å². The number of carbonyl (C=O) groups excluding carboxylic acids is 3. The number of benzene rings is 3. The lowest BCUT2D eigenvalue weighted by atomic mass is 9.93.